The molecule has 1 atom stereocenters. The predicted octanol–water partition coefficient (Wildman–Crippen LogP) is 2.70. The van der Waals surface area contributed by atoms with E-state index >= 15 is 0 Å². The molecule has 0 fully saturated rings. The molecule has 112 valence electrons. The molecule has 1 unspecified atom stereocenters. The Balaban J connectivity index is 2.50. The van der Waals surface area contributed by atoms with E-state index < -0.39 is 0 Å². The minimum atomic E-state index is -0.283. The molecule has 0 aromatic heterocycles. The van der Waals surface area contributed by atoms with E-state index in [9.17, 15) is 4.39 Å². The van der Waals surface area contributed by atoms with E-state index in [1.807, 2.05) is 19.1 Å². The van der Waals surface area contributed by atoms with Crippen LogP contribution in [0.3, 0.4) is 0 Å². The minimum Gasteiger partial charge on any atom is -0.497 e. The van der Waals surface area contributed by atoms with Crippen molar-refractivity contribution >= 4 is 0 Å². The van der Waals surface area contributed by atoms with Crippen LogP contribution in [0.15, 0.2) is 36.4 Å². The quantitative estimate of drug-likeness (QED) is 0.656. The van der Waals surface area contributed by atoms with Crippen molar-refractivity contribution in [3.8, 4) is 11.5 Å². The molecule has 2 aromatic carbocycles. The number of benzene rings is 2. The Morgan fingerprint density at radius 2 is 1.67 bits per heavy atom. The molecule has 0 spiro atoms. The number of nitrogens with two attached hydrogens (primary N) is 1. The molecule has 0 saturated heterocycles. The van der Waals surface area contributed by atoms with E-state index in [4.69, 9.17) is 15.3 Å². The first kappa shape index (κ1) is 15.3. The van der Waals surface area contributed by atoms with E-state index in [1.165, 1.54) is 12.1 Å². The van der Waals surface area contributed by atoms with Crippen molar-refractivity contribution < 1.29 is 13.9 Å². The summed E-state index contributed by atoms with van der Waals surface area (Å²) in [6.07, 6.45) is 0. The fraction of sp³-hybridized carbons (Fsp3) is 0.250. The number of methoxy groups -OCH3 is 2. The van der Waals surface area contributed by atoms with Crippen LogP contribution in [0.1, 0.15) is 22.7 Å². The molecule has 4 nitrogen and oxygen atoms in total. The number of hydrogen-bond acceptors (Lipinski definition) is 4. The second kappa shape index (κ2) is 6.56. The predicted molar refractivity (Wildman–Crippen MR) is 79.8 cm³/mol. The number of ether oxygens (including phenoxy) is 2. The van der Waals surface area contributed by atoms with Gasteiger partial charge in [0.25, 0.3) is 0 Å². The smallest absolute Gasteiger partial charge is 0.123 e. The first-order chi connectivity index (χ1) is 10.1. The van der Waals surface area contributed by atoms with Gasteiger partial charge < -0.3 is 9.47 Å². The molecule has 21 heavy (non-hydrogen) atoms. The lowest BCUT2D eigenvalue weighted by Gasteiger charge is -2.20. The molecule has 0 saturated carbocycles. The van der Waals surface area contributed by atoms with Crippen molar-refractivity contribution in [2.24, 2.45) is 5.84 Å². The van der Waals surface area contributed by atoms with Crippen LogP contribution < -0.4 is 20.7 Å². The standard InChI is InChI=1S/C16H19FN2O2/c1-10-6-12(17)4-5-15(10)16(19-18)11-7-13(20-2)9-14(8-11)21-3/h4-9,16,19H,18H2,1-3H3. The lowest BCUT2D eigenvalue weighted by molar-refractivity contribution is 0.392. The highest BCUT2D eigenvalue weighted by Gasteiger charge is 2.17. The van der Waals surface area contributed by atoms with E-state index in [-0.39, 0.29) is 11.9 Å². The Kier molecular flexibility index (Phi) is 4.77. The van der Waals surface area contributed by atoms with Crippen molar-refractivity contribution in [1.82, 2.24) is 5.43 Å². The second-order valence-corrected chi connectivity index (χ2v) is 4.75. The van der Waals surface area contributed by atoms with Crippen LogP contribution in [0.4, 0.5) is 4.39 Å². The Bertz CT molecular complexity index is 609. The Labute approximate surface area is 123 Å². The van der Waals surface area contributed by atoms with Gasteiger partial charge in [0.15, 0.2) is 0 Å². The maximum atomic E-state index is 13.3. The van der Waals surface area contributed by atoms with E-state index in [1.54, 1.807) is 26.4 Å². The lowest BCUT2D eigenvalue weighted by atomic mass is 9.95. The van der Waals surface area contributed by atoms with E-state index in [0.717, 1.165) is 16.7 Å². The molecule has 2 rings (SSSR count). The Hall–Kier alpha value is -2.11. The average molecular weight is 290 g/mol. The SMILES string of the molecule is COc1cc(OC)cc(C(NN)c2ccc(F)cc2C)c1. The molecule has 0 radical (unpaired) electrons. The van der Waals surface area contributed by atoms with Gasteiger partial charge in [-0.05, 0) is 47.9 Å². The highest BCUT2D eigenvalue weighted by atomic mass is 19.1. The summed E-state index contributed by atoms with van der Waals surface area (Å²) in [4.78, 5) is 0. The lowest BCUT2D eigenvalue weighted by Crippen LogP contribution is -2.29. The first-order valence-electron chi connectivity index (χ1n) is 6.54. The maximum absolute atomic E-state index is 13.3. The number of rotatable bonds is 5. The molecule has 0 bridgehead atoms. The third kappa shape index (κ3) is 3.32. The van der Waals surface area contributed by atoms with Gasteiger partial charge in [0.1, 0.15) is 17.3 Å². The molecular formula is C16H19FN2O2. The van der Waals surface area contributed by atoms with Crippen LogP contribution >= 0.6 is 0 Å². The summed E-state index contributed by atoms with van der Waals surface area (Å²) in [6.45, 7) is 1.85. The Morgan fingerprint density at radius 1 is 1.05 bits per heavy atom. The van der Waals surface area contributed by atoms with Crippen LogP contribution in [-0.2, 0) is 0 Å². The van der Waals surface area contributed by atoms with Gasteiger partial charge in [-0.1, -0.05) is 6.07 Å². The zero-order chi connectivity index (χ0) is 15.4. The number of nitrogens with one attached hydrogen (secondary N) is 1. The molecular weight excluding hydrogens is 271 g/mol. The van der Waals surface area contributed by atoms with Crippen molar-refractivity contribution in [1.29, 1.82) is 0 Å². The van der Waals surface area contributed by atoms with Crippen LogP contribution in [-0.4, -0.2) is 14.2 Å². The third-order valence-corrected chi connectivity index (χ3v) is 3.42. The summed E-state index contributed by atoms with van der Waals surface area (Å²) in [6, 6.07) is 9.87. The van der Waals surface area contributed by atoms with Crippen LogP contribution in [0.5, 0.6) is 11.5 Å². The highest BCUT2D eigenvalue weighted by molar-refractivity contribution is 5.44. The van der Waals surface area contributed by atoms with Gasteiger partial charge >= 0.3 is 0 Å². The van der Waals surface area contributed by atoms with Gasteiger partial charge in [-0.2, -0.15) is 0 Å². The van der Waals surface area contributed by atoms with Crippen molar-refractivity contribution in [3.63, 3.8) is 0 Å². The molecule has 0 aliphatic rings. The van der Waals surface area contributed by atoms with Gasteiger partial charge in [0, 0.05) is 6.07 Å². The van der Waals surface area contributed by atoms with Crippen molar-refractivity contribution in [2.75, 3.05) is 14.2 Å². The fourth-order valence-electron chi connectivity index (χ4n) is 2.32. The minimum absolute atomic E-state index is 0.268. The topological polar surface area (TPSA) is 56.5 Å². The summed E-state index contributed by atoms with van der Waals surface area (Å²) < 4.78 is 23.8. The molecule has 5 heteroatoms. The summed E-state index contributed by atoms with van der Waals surface area (Å²) in [5.74, 6) is 6.77. The van der Waals surface area contributed by atoms with Crippen molar-refractivity contribution in [2.45, 2.75) is 13.0 Å². The van der Waals surface area contributed by atoms with E-state index in [0.29, 0.717) is 11.5 Å². The number of halogens is 1. The van der Waals surface area contributed by atoms with Crippen LogP contribution in [0.25, 0.3) is 0 Å². The monoisotopic (exact) mass is 290 g/mol. The molecule has 3 N–H and O–H groups in total. The number of aryl methyl sites for hydroxylation is 1. The molecule has 0 aliphatic carbocycles. The average Bonchev–Trinajstić information content (AvgIpc) is 2.49. The Morgan fingerprint density at radius 3 is 2.14 bits per heavy atom. The van der Waals surface area contributed by atoms with Crippen molar-refractivity contribution in [3.05, 3.63) is 58.9 Å². The molecule has 0 aliphatic heterocycles. The van der Waals surface area contributed by atoms with Gasteiger partial charge in [0.2, 0.25) is 0 Å². The molecule has 0 amide bonds. The summed E-state index contributed by atoms with van der Waals surface area (Å²) in [5, 5.41) is 0. The van der Waals surface area contributed by atoms with Crippen LogP contribution in [0.2, 0.25) is 0 Å². The van der Waals surface area contributed by atoms with Gasteiger partial charge in [0.05, 0.1) is 20.3 Å². The second-order valence-electron chi connectivity index (χ2n) is 4.75. The first-order valence-corrected chi connectivity index (χ1v) is 6.54. The zero-order valence-corrected chi connectivity index (χ0v) is 12.3. The summed E-state index contributed by atoms with van der Waals surface area (Å²) in [7, 11) is 3.18. The third-order valence-electron chi connectivity index (χ3n) is 3.42. The summed E-state index contributed by atoms with van der Waals surface area (Å²) >= 11 is 0. The fourth-order valence-corrected chi connectivity index (χ4v) is 2.32. The summed E-state index contributed by atoms with van der Waals surface area (Å²) in [5.41, 5.74) is 5.36. The van der Waals surface area contributed by atoms with Gasteiger partial charge in [-0.3, -0.25) is 5.84 Å². The highest BCUT2D eigenvalue weighted by Crippen LogP contribution is 2.31. The number of hydrogen-bond donors (Lipinski definition) is 2. The molecule has 2 aromatic rings. The van der Waals surface area contributed by atoms with Gasteiger partial charge in [-0.15, -0.1) is 0 Å². The van der Waals surface area contributed by atoms with Crippen LogP contribution in [0, 0.1) is 12.7 Å². The van der Waals surface area contributed by atoms with E-state index in [2.05, 4.69) is 5.43 Å². The zero-order valence-electron chi connectivity index (χ0n) is 12.3. The largest absolute Gasteiger partial charge is 0.497 e. The van der Waals surface area contributed by atoms with Gasteiger partial charge in [-0.25, -0.2) is 9.82 Å². The maximum Gasteiger partial charge on any atom is 0.123 e. The normalized spacial score (nSPS) is 12.0. The number of hydrazine groups is 1. The molecule has 0 heterocycles.